The summed E-state index contributed by atoms with van der Waals surface area (Å²) in [7, 11) is 0. The minimum atomic E-state index is 0.563. The molecular formula is C14H18N2O. The maximum Gasteiger partial charge on any atom is 0.207 e. The van der Waals surface area contributed by atoms with Crippen LogP contribution in [0.4, 0.5) is 0 Å². The number of aliphatic imine (C=N–C) groups is 1. The zero-order chi connectivity index (χ0) is 12.7. The number of carbonyl (C=O) groups is 1. The van der Waals surface area contributed by atoms with E-state index in [0.717, 1.165) is 23.2 Å². The number of nitrogens with one attached hydrogen (secondary N) is 1. The molecule has 0 aliphatic carbocycles. The molecule has 90 valence electrons. The van der Waals surface area contributed by atoms with Crippen LogP contribution in [0.3, 0.4) is 0 Å². The number of amides is 1. The Bertz CT molecular complexity index is 418. The third-order valence-electron chi connectivity index (χ3n) is 2.72. The summed E-state index contributed by atoms with van der Waals surface area (Å²) < 4.78 is 0. The first-order valence-corrected chi connectivity index (χ1v) is 5.65. The van der Waals surface area contributed by atoms with E-state index in [4.69, 9.17) is 0 Å². The van der Waals surface area contributed by atoms with Crippen molar-refractivity contribution in [1.82, 2.24) is 5.32 Å². The van der Waals surface area contributed by atoms with Crippen molar-refractivity contribution < 1.29 is 4.79 Å². The van der Waals surface area contributed by atoms with E-state index in [0.29, 0.717) is 13.0 Å². The Morgan fingerprint density at radius 3 is 2.53 bits per heavy atom. The Morgan fingerprint density at radius 2 is 2.06 bits per heavy atom. The molecule has 0 spiro atoms. The Labute approximate surface area is 102 Å². The molecule has 0 heterocycles. The monoisotopic (exact) mass is 230 g/mol. The molecule has 0 fully saturated rings. The lowest BCUT2D eigenvalue weighted by Gasteiger charge is -2.08. The number of nitrogens with zero attached hydrogens (tertiary/aromatic N) is 1. The largest absolute Gasteiger partial charge is 0.355 e. The molecule has 1 amide bonds. The average Bonchev–Trinajstić information content (AvgIpc) is 2.38. The maximum absolute atomic E-state index is 10.2. The fraction of sp³-hybridized carbons (Fsp3) is 0.286. The number of hydrogen-bond acceptors (Lipinski definition) is 2. The molecule has 0 saturated carbocycles. The molecule has 1 N–H and O–H groups in total. The molecule has 0 saturated heterocycles. The summed E-state index contributed by atoms with van der Waals surface area (Å²) in [6.45, 7) is 8.19. The minimum absolute atomic E-state index is 0.563. The molecule has 0 aromatic heterocycles. The van der Waals surface area contributed by atoms with Gasteiger partial charge in [-0.15, -0.1) is 0 Å². The molecule has 1 aromatic carbocycles. The second-order valence-corrected chi connectivity index (χ2v) is 3.77. The highest BCUT2D eigenvalue weighted by molar-refractivity contribution is 5.68. The van der Waals surface area contributed by atoms with Gasteiger partial charge >= 0.3 is 0 Å². The van der Waals surface area contributed by atoms with Gasteiger partial charge in [-0.2, -0.15) is 0 Å². The van der Waals surface area contributed by atoms with Crippen LogP contribution in [0.15, 0.2) is 35.0 Å². The van der Waals surface area contributed by atoms with Gasteiger partial charge in [0.15, 0.2) is 0 Å². The molecule has 17 heavy (non-hydrogen) atoms. The van der Waals surface area contributed by atoms with Gasteiger partial charge in [0.05, 0.1) is 0 Å². The molecule has 3 nitrogen and oxygen atoms in total. The minimum Gasteiger partial charge on any atom is -0.355 e. The van der Waals surface area contributed by atoms with Gasteiger partial charge < -0.3 is 5.32 Å². The van der Waals surface area contributed by atoms with Gasteiger partial charge in [0, 0.05) is 12.2 Å². The Hall–Kier alpha value is -1.90. The smallest absolute Gasteiger partial charge is 0.207 e. The molecule has 0 atom stereocenters. The lowest BCUT2D eigenvalue weighted by atomic mass is 10.0. The number of rotatable bonds is 6. The summed E-state index contributed by atoms with van der Waals surface area (Å²) in [5.41, 5.74) is 4.41. The van der Waals surface area contributed by atoms with Crippen molar-refractivity contribution in [2.45, 2.75) is 26.8 Å². The molecule has 1 rings (SSSR count). The molecule has 0 aliphatic heterocycles. The van der Waals surface area contributed by atoms with E-state index in [-0.39, 0.29) is 0 Å². The van der Waals surface area contributed by atoms with Crippen LogP contribution >= 0.6 is 0 Å². The van der Waals surface area contributed by atoms with Crippen LogP contribution in [-0.2, 0) is 11.3 Å². The van der Waals surface area contributed by atoms with Crippen LogP contribution in [0.5, 0.6) is 0 Å². The van der Waals surface area contributed by atoms with Crippen molar-refractivity contribution in [2.75, 3.05) is 0 Å². The molecule has 0 radical (unpaired) electrons. The van der Waals surface area contributed by atoms with Gasteiger partial charge in [-0.25, -0.2) is 0 Å². The van der Waals surface area contributed by atoms with Crippen LogP contribution in [-0.4, -0.2) is 13.1 Å². The van der Waals surface area contributed by atoms with Crippen molar-refractivity contribution in [1.29, 1.82) is 0 Å². The first-order valence-electron chi connectivity index (χ1n) is 5.65. The summed E-state index contributed by atoms with van der Waals surface area (Å²) >= 11 is 0. The standard InChI is InChI=1S/C14H18N2O/c1-4-14(11(2)15-3)13-7-5-12(6-8-13)9-16-10-17/h5-8,10H,3-4,9H2,1-2H3,(H,16,17)/b14-11+. The number of carbonyl (C=O) groups excluding carboxylic acids is 1. The summed E-state index contributed by atoms with van der Waals surface area (Å²) in [6, 6.07) is 8.13. The summed E-state index contributed by atoms with van der Waals surface area (Å²) in [4.78, 5) is 14.2. The van der Waals surface area contributed by atoms with E-state index in [2.05, 4.69) is 36.1 Å². The highest BCUT2D eigenvalue weighted by Crippen LogP contribution is 2.22. The number of hydrogen-bond donors (Lipinski definition) is 1. The molecule has 1 aromatic rings. The predicted octanol–water partition coefficient (Wildman–Crippen LogP) is 2.77. The second kappa shape index (κ2) is 6.63. The van der Waals surface area contributed by atoms with Crippen LogP contribution in [0.1, 0.15) is 31.4 Å². The van der Waals surface area contributed by atoms with Crippen molar-refractivity contribution in [2.24, 2.45) is 4.99 Å². The summed E-state index contributed by atoms with van der Waals surface area (Å²) in [5, 5.41) is 2.64. The summed E-state index contributed by atoms with van der Waals surface area (Å²) in [6.07, 6.45) is 1.63. The fourth-order valence-corrected chi connectivity index (χ4v) is 1.75. The van der Waals surface area contributed by atoms with E-state index in [1.165, 1.54) is 5.57 Å². The molecule has 3 heteroatoms. The van der Waals surface area contributed by atoms with E-state index in [1.807, 2.05) is 19.1 Å². The first kappa shape index (κ1) is 13.2. The van der Waals surface area contributed by atoms with E-state index in [9.17, 15) is 4.79 Å². The van der Waals surface area contributed by atoms with E-state index >= 15 is 0 Å². The van der Waals surface area contributed by atoms with Gasteiger partial charge in [-0.1, -0.05) is 31.2 Å². The SMILES string of the molecule is C=N/C(C)=C(\CC)c1ccc(CNC=O)cc1. The Morgan fingerprint density at radius 1 is 1.41 bits per heavy atom. The van der Waals surface area contributed by atoms with E-state index < -0.39 is 0 Å². The van der Waals surface area contributed by atoms with Gasteiger partial charge in [0.1, 0.15) is 0 Å². The Kier molecular flexibility index (Phi) is 5.14. The van der Waals surface area contributed by atoms with Crippen LogP contribution in [0.2, 0.25) is 0 Å². The van der Waals surface area contributed by atoms with Crippen LogP contribution in [0, 0.1) is 0 Å². The fourth-order valence-electron chi connectivity index (χ4n) is 1.75. The molecule has 0 bridgehead atoms. The van der Waals surface area contributed by atoms with Crippen molar-refractivity contribution >= 4 is 18.7 Å². The van der Waals surface area contributed by atoms with Crippen molar-refractivity contribution in [3.8, 4) is 0 Å². The second-order valence-electron chi connectivity index (χ2n) is 3.77. The quantitative estimate of drug-likeness (QED) is 0.592. The third kappa shape index (κ3) is 3.55. The number of allylic oxidation sites excluding steroid dienone is 2. The topological polar surface area (TPSA) is 41.5 Å². The predicted molar refractivity (Wildman–Crippen MR) is 71.8 cm³/mol. The first-order chi connectivity index (χ1) is 8.22. The zero-order valence-electron chi connectivity index (χ0n) is 10.4. The van der Waals surface area contributed by atoms with Gasteiger partial charge in [-0.05, 0) is 36.8 Å². The Balaban J connectivity index is 2.93. The molecular weight excluding hydrogens is 212 g/mol. The average molecular weight is 230 g/mol. The van der Waals surface area contributed by atoms with Crippen molar-refractivity contribution in [3.05, 3.63) is 41.1 Å². The lowest BCUT2D eigenvalue weighted by Crippen LogP contribution is -2.09. The van der Waals surface area contributed by atoms with Crippen molar-refractivity contribution in [3.63, 3.8) is 0 Å². The van der Waals surface area contributed by atoms with Crippen LogP contribution < -0.4 is 5.32 Å². The third-order valence-corrected chi connectivity index (χ3v) is 2.72. The normalized spacial score (nSPS) is 11.6. The van der Waals surface area contributed by atoms with Crippen LogP contribution in [0.25, 0.3) is 5.57 Å². The zero-order valence-corrected chi connectivity index (χ0v) is 10.4. The molecule has 0 unspecified atom stereocenters. The highest BCUT2D eigenvalue weighted by atomic mass is 16.1. The highest BCUT2D eigenvalue weighted by Gasteiger charge is 2.03. The van der Waals surface area contributed by atoms with Gasteiger partial charge in [-0.3, -0.25) is 9.79 Å². The van der Waals surface area contributed by atoms with E-state index in [1.54, 1.807) is 0 Å². The maximum atomic E-state index is 10.2. The molecule has 0 aliphatic rings. The summed E-state index contributed by atoms with van der Waals surface area (Å²) in [5.74, 6) is 0. The number of benzene rings is 1. The van der Waals surface area contributed by atoms with Gasteiger partial charge in [0.2, 0.25) is 6.41 Å². The van der Waals surface area contributed by atoms with Gasteiger partial charge in [0.25, 0.3) is 0 Å². The lowest BCUT2D eigenvalue weighted by molar-refractivity contribution is -0.109.